The van der Waals surface area contributed by atoms with Gasteiger partial charge in [-0.2, -0.15) is 0 Å². The van der Waals surface area contributed by atoms with Crippen LogP contribution in [0.2, 0.25) is 0 Å². The number of fused-ring (bicyclic) bond motifs is 1. The normalized spacial score (nSPS) is 11.0. The summed E-state index contributed by atoms with van der Waals surface area (Å²) in [5.41, 5.74) is 8.10. The standard InChI is InChI=1S/C13H9BrFN3/c14-7-4-5-10-11(6-7)18-13(17-10)8-2-1-3-9(15)12(8)16/h1-6H,16H2,(H,17,18). The Hall–Kier alpha value is -1.88. The summed E-state index contributed by atoms with van der Waals surface area (Å²) in [4.78, 5) is 7.54. The zero-order chi connectivity index (χ0) is 12.7. The molecule has 0 spiro atoms. The Morgan fingerprint density at radius 2 is 2.06 bits per heavy atom. The van der Waals surface area contributed by atoms with Crippen molar-refractivity contribution in [3.05, 3.63) is 46.7 Å². The average molecular weight is 306 g/mol. The second-order valence-electron chi connectivity index (χ2n) is 3.95. The second kappa shape index (κ2) is 4.10. The number of imidazole rings is 1. The zero-order valence-corrected chi connectivity index (χ0v) is 10.8. The van der Waals surface area contributed by atoms with Gasteiger partial charge in [0.2, 0.25) is 0 Å². The number of nitrogens with two attached hydrogens (primary N) is 1. The highest BCUT2D eigenvalue weighted by Gasteiger charge is 2.11. The van der Waals surface area contributed by atoms with Gasteiger partial charge in [-0.1, -0.05) is 22.0 Å². The molecule has 0 fully saturated rings. The Kier molecular flexibility index (Phi) is 2.56. The van der Waals surface area contributed by atoms with E-state index < -0.39 is 5.82 Å². The van der Waals surface area contributed by atoms with Crippen molar-refractivity contribution in [2.75, 3.05) is 5.73 Å². The van der Waals surface area contributed by atoms with Crippen LogP contribution in [0.3, 0.4) is 0 Å². The topological polar surface area (TPSA) is 54.7 Å². The maximum absolute atomic E-state index is 13.4. The highest BCUT2D eigenvalue weighted by molar-refractivity contribution is 9.10. The van der Waals surface area contributed by atoms with Crippen LogP contribution in [0, 0.1) is 5.82 Å². The lowest BCUT2D eigenvalue weighted by Crippen LogP contribution is -1.94. The molecule has 3 nitrogen and oxygen atoms in total. The molecule has 3 N–H and O–H groups in total. The van der Waals surface area contributed by atoms with Gasteiger partial charge in [0.1, 0.15) is 11.6 Å². The number of H-pyrrole nitrogens is 1. The van der Waals surface area contributed by atoms with E-state index in [1.54, 1.807) is 12.1 Å². The molecule has 0 amide bonds. The Balaban J connectivity index is 2.22. The molecule has 0 radical (unpaired) electrons. The number of nitrogens with one attached hydrogen (secondary N) is 1. The number of nitrogen functional groups attached to an aromatic ring is 1. The van der Waals surface area contributed by atoms with E-state index in [0.29, 0.717) is 11.4 Å². The average Bonchev–Trinajstić information content (AvgIpc) is 2.75. The van der Waals surface area contributed by atoms with Crippen molar-refractivity contribution < 1.29 is 4.39 Å². The molecule has 1 heterocycles. The van der Waals surface area contributed by atoms with Gasteiger partial charge in [-0.15, -0.1) is 0 Å². The van der Waals surface area contributed by atoms with Crippen LogP contribution in [0.4, 0.5) is 10.1 Å². The van der Waals surface area contributed by atoms with Gasteiger partial charge in [-0.05, 0) is 30.3 Å². The third kappa shape index (κ3) is 1.76. The molecule has 18 heavy (non-hydrogen) atoms. The summed E-state index contributed by atoms with van der Waals surface area (Å²) in [5, 5.41) is 0. The summed E-state index contributed by atoms with van der Waals surface area (Å²) in [7, 11) is 0. The van der Waals surface area contributed by atoms with Crippen molar-refractivity contribution in [3.63, 3.8) is 0 Å². The van der Waals surface area contributed by atoms with Crippen molar-refractivity contribution in [3.8, 4) is 11.4 Å². The van der Waals surface area contributed by atoms with Crippen LogP contribution in [-0.4, -0.2) is 9.97 Å². The smallest absolute Gasteiger partial charge is 0.146 e. The molecule has 90 valence electrons. The first-order valence-corrected chi connectivity index (χ1v) is 6.14. The van der Waals surface area contributed by atoms with Crippen molar-refractivity contribution >= 4 is 32.7 Å². The fourth-order valence-corrected chi connectivity index (χ4v) is 2.21. The first-order chi connectivity index (χ1) is 8.65. The van der Waals surface area contributed by atoms with Gasteiger partial charge in [0.25, 0.3) is 0 Å². The minimum Gasteiger partial charge on any atom is -0.396 e. The van der Waals surface area contributed by atoms with E-state index in [0.717, 1.165) is 15.5 Å². The predicted molar refractivity (Wildman–Crippen MR) is 73.6 cm³/mol. The Labute approximate surface area is 111 Å². The van der Waals surface area contributed by atoms with Gasteiger partial charge in [0.05, 0.1) is 16.7 Å². The largest absolute Gasteiger partial charge is 0.396 e. The number of para-hydroxylation sites is 1. The quantitative estimate of drug-likeness (QED) is 0.673. The maximum atomic E-state index is 13.4. The number of hydrogen-bond donors (Lipinski definition) is 2. The van der Waals surface area contributed by atoms with E-state index in [-0.39, 0.29) is 5.69 Å². The molecule has 3 aromatic rings. The number of benzene rings is 2. The van der Waals surface area contributed by atoms with Crippen LogP contribution in [0.25, 0.3) is 22.4 Å². The number of anilines is 1. The third-order valence-corrected chi connectivity index (χ3v) is 3.25. The Morgan fingerprint density at radius 1 is 1.22 bits per heavy atom. The monoisotopic (exact) mass is 305 g/mol. The van der Waals surface area contributed by atoms with E-state index in [1.807, 2.05) is 18.2 Å². The van der Waals surface area contributed by atoms with Gasteiger partial charge in [0.15, 0.2) is 0 Å². The van der Waals surface area contributed by atoms with Crippen molar-refractivity contribution in [2.45, 2.75) is 0 Å². The van der Waals surface area contributed by atoms with Gasteiger partial charge < -0.3 is 10.7 Å². The number of aromatic amines is 1. The van der Waals surface area contributed by atoms with E-state index in [1.165, 1.54) is 6.07 Å². The molecule has 0 aliphatic carbocycles. The van der Waals surface area contributed by atoms with Gasteiger partial charge in [0, 0.05) is 10.0 Å². The summed E-state index contributed by atoms with van der Waals surface area (Å²) in [5.74, 6) is 0.134. The number of hydrogen-bond acceptors (Lipinski definition) is 2. The van der Waals surface area contributed by atoms with Gasteiger partial charge in [-0.25, -0.2) is 9.37 Å². The van der Waals surface area contributed by atoms with E-state index in [4.69, 9.17) is 5.73 Å². The minimum absolute atomic E-state index is 0.107. The summed E-state index contributed by atoms with van der Waals surface area (Å²) >= 11 is 3.39. The highest BCUT2D eigenvalue weighted by atomic mass is 79.9. The molecule has 0 aliphatic heterocycles. The maximum Gasteiger partial charge on any atom is 0.146 e. The predicted octanol–water partition coefficient (Wildman–Crippen LogP) is 3.71. The SMILES string of the molecule is Nc1c(F)cccc1-c1nc2ccc(Br)cc2[nH]1. The molecule has 3 rings (SSSR count). The second-order valence-corrected chi connectivity index (χ2v) is 4.86. The van der Waals surface area contributed by atoms with Crippen LogP contribution in [0.1, 0.15) is 0 Å². The molecule has 0 atom stereocenters. The van der Waals surface area contributed by atoms with Crippen LogP contribution in [0.15, 0.2) is 40.9 Å². The fourth-order valence-electron chi connectivity index (χ4n) is 1.85. The van der Waals surface area contributed by atoms with Crippen LogP contribution in [0.5, 0.6) is 0 Å². The first-order valence-electron chi connectivity index (χ1n) is 5.35. The Bertz CT molecular complexity index is 736. The van der Waals surface area contributed by atoms with E-state index >= 15 is 0 Å². The number of aromatic nitrogens is 2. The fraction of sp³-hybridized carbons (Fsp3) is 0. The van der Waals surface area contributed by atoms with E-state index in [2.05, 4.69) is 25.9 Å². The number of halogens is 2. The molecule has 0 bridgehead atoms. The van der Waals surface area contributed by atoms with Crippen molar-refractivity contribution in [1.29, 1.82) is 0 Å². The Morgan fingerprint density at radius 3 is 2.89 bits per heavy atom. The van der Waals surface area contributed by atoms with Crippen LogP contribution >= 0.6 is 15.9 Å². The molecular formula is C13H9BrFN3. The van der Waals surface area contributed by atoms with Gasteiger partial charge >= 0.3 is 0 Å². The minimum atomic E-state index is -0.436. The lowest BCUT2D eigenvalue weighted by Gasteiger charge is -2.02. The lowest BCUT2D eigenvalue weighted by atomic mass is 10.1. The summed E-state index contributed by atoms with van der Waals surface area (Å²) in [6.45, 7) is 0. The summed E-state index contributed by atoms with van der Waals surface area (Å²) < 4.78 is 14.4. The van der Waals surface area contributed by atoms with Gasteiger partial charge in [-0.3, -0.25) is 0 Å². The van der Waals surface area contributed by atoms with Crippen LogP contribution in [-0.2, 0) is 0 Å². The highest BCUT2D eigenvalue weighted by Crippen LogP contribution is 2.28. The van der Waals surface area contributed by atoms with Crippen molar-refractivity contribution in [1.82, 2.24) is 9.97 Å². The molecule has 1 aromatic heterocycles. The molecule has 2 aromatic carbocycles. The lowest BCUT2D eigenvalue weighted by molar-refractivity contribution is 0.633. The molecule has 5 heteroatoms. The molecular weight excluding hydrogens is 297 g/mol. The first kappa shape index (κ1) is 11.2. The molecule has 0 saturated carbocycles. The zero-order valence-electron chi connectivity index (χ0n) is 9.24. The molecule has 0 unspecified atom stereocenters. The van der Waals surface area contributed by atoms with E-state index in [9.17, 15) is 4.39 Å². The molecule has 0 aliphatic rings. The summed E-state index contributed by atoms with van der Waals surface area (Å²) in [6, 6.07) is 10.4. The van der Waals surface area contributed by atoms with Crippen LogP contribution < -0.4 is 5.73 Å². The number of rotatable bonds is 1. The molecule has 0 saturated heterocycles. The summed E-state index contributed by atoms with van der Waals surface area (Å²) in [6.07, 6.45) is 0. The third-order valence-electron chi connectivity index (χ3n) is 2.75. The number of nitrogens with zero attached hydrogens (tertiary/aromatic N) is 1. The van der Waals surface area contributed by atoms with Crippen molar-refractivity contribution in [2.24, 2.45) is 0 Å².